The third-order valence-electron chi connectivity index (χ3n) is 4.71. The van der Waals surface area contributed by atoms with E-state index in [-0.39, 0.29) is 18.2 Å². The lowest BCUT2D eigenvalue weighted by Gasteiger charge is -2.16. The zero-order chi connectivity index (χ0) is 17.7. The molecule has 1 saturated heterocycles. The Morgan fingerprint density at radius 1 is 1.12 bits per heavy atom. The quantitative estimate of drug-likeness (QED) is 0.567. The summed E-state index contributed by atoms with van der Waals surface area (Å²) >= 11 is 6.17. The number of likely N-dealkylation sites (tertiary alicyclic amines) is 1. The topological polar surface area (TPSA) is 68.3 Å². The smallest absolute Gasteiger partial charge is 0.238 e. The maximum Gasteiger partial charge on any atom is 0.238 e. The number of rotatable bonds is 2. The van der Waals surface area contributed by atoms with Crippen LogP contribution in [-0.2, 0) is 9.59 Å². The summed E-state index contributed by atoms with van der Waals surface area (Å²) in [5.41, 5.74) is 9.11. The van der Waals surface area contributed by atoms with E-state index in [1.54, 1.807) is 18.2 Å². The molecule has 2 aromatic carbocycles. The Balaban J connectivity index is 2.01. The standard InChI is InChI=1S/C19H16ClN3O2/c1-22-18(24)10-13(19(22)25)16-8-11-4-2-3-5-15(11)23(16)17-9-12(20)6-7-14(17)21/h2-9,13H,10,21H2,1H3. The Bertz CT molecular complexity index is 1020. The molecule has 0 radical (unpaired) electrons. The van der Waals surface area contributed by atoms with Gasteiger partial charge in [0, 0.05) is 29.6 Å². The molecule has 1 unspecified atom stereocenters. The molecular weight excluding hydrogens is 338 g/mol. The van der Waals surface area contributed by atoms with Crippen LogP contribution in [0.2, 0.25) is 5.02 Å². The number of likely N-dealkylation sites (N-methyl/N-ethyl adjacent to an activating group) is 1. The molecule has 2 amide bonds. The van der Waals surface area contributed by atoms with Crippen LogP contribution in [0.15, 0.2) is 48.5 Å². The predicted octanol–water partition coefficient (Wildman–Crippen LogP) is 3.34. The first-order valence-electron chi connectivity index (χ1n) is 7.93. The lowest BCUT2D eigenvalue weighted by molar-refractivity contribution is -0.137. The van der Waals surface area contributed by atoms with Crippen molar-refractivity contribution in [2.24, 2.45) is 0 Å². The van der Waals surface area contributed by atoms with Gasteiger partial charge in [-0.05, 0) is 30.3 Å². The SMILES string of the molecule is CN1C(=O)CC(c2cc3ccccc3n2-c2cc(Cl)ccc2N)C1=O. The molecule has 2 heterocycles. The zero-order valence-electron chi connectivity index (χ0n) is 13.6. The molecule has 2 N–H and O–H groups in total. The van der Waals surface area contributed by atoms with Gasteiger partial charge in [0.05, 0.1) is 22.8 Å². The lowest BCUT2D eigenvalue weighted by Crippen LogP contribution is -2.25. The molecule has 0 aliphatic carbocycles. The first-order valence-corrected chi connectivity index (χ1v) is 8.31. The highest BCUT2D eigenvalue weighted by Gasteiger charge is 2.39. The highest BCUT2D eigenvalue weighted by atomic mass is 35.5. The van der Waals surface area contributed by atoms with Crippen molar-refractivity contribution in [3.05, 3.63) is 59.2 Å². The van der Waals surface area contributed by atoms with E-state index in [4.69, 9.17) is 17.3 Å². The number of hydrogen-bond donors (Lipinski definition) is 1. The van der Waals surface area contributed by atoms with Gasteiger partial charge in [0.25, 0.3) is 0 Å². The number of para-hydroxylation sites is 1. The summed E-state index contributed by atoms with van der Waals surface area (Å²) in [6, 6.07) is 15.0. The summed E-state index contributed by atoms with van der Waals surface area (Å²) < 4.78 is 1.94. The average molecular weight is 354 g/mol. The van der Waals surface area contributed by atoms with Gasteiger partial charge in [0.15, 0.2) is 0 Å². The van der Waals surface area contributed by atoms with Crippen LogP contribution in [0.1, 0.15) is 18.0 Å². The van der Waals surface area contributed by atoms with Crippen molar-refractivity contribution in [3.8, 4) is 5.69 Å². The number of hydrogen-bond acceptors (Lipinski definition) is 3. The second kappa shape index (κ2) is 5.63. The summed E-state index contributed by atoms with van der Waals surface area (Å²) in [4.78, 5) is 25.8. The summed E-state index contributed by atoms with van der Waals surface area (Å²) in [5.74, 6) is -0.899. The number of benzene rings is 2. The van der Waals surface area contributed by atoms with E-state index in [1.807, 2.05) is 34.9 Å². The number of nitrogens with two attached hydrogens (primary N) is 1. The molecule has 1 aliphatic heterocycles. The highest BCUT2D eigenvalue weighted by molar-refractivity contribution is 6.30. The number of anilines is 1. The number of fused-ring (bicyclic) bond motifs is 1. The summed E-state index contributed by atoms with van der Waals surface area (Å²) in [7, 11) is 1.52. The van der Waals surface area contributed by atoms with Gasteiger partial charge in [-0.1, -0.05) is 29.8 Å². The van der Waals surface area contributed by atoms with Crippen LogP contribution in [0, 0.1) is 0 Å². The minimum Gasteiger partial charge on any atom is -0.397 e. The van der Waals surface area contributed by atoms with E-state index in [0.29, 0.717) is 16.4 Å². The Kier molecular flexibility index (Phi) is 3.54. The zero-order valence-corrected chi connectivity index (χ0v) is 14.3. The summed E-state index contributed by atoms with van der Waals surface area (Å²) in [5, 5.41) is 1.53. The van der Waals surface area contributed by atoms with Crippen molar-refractivity contribution >= 4 is 40.0 Å². The van der Waals surface area contributed by atoms with Gasteiger partial charge in [-0.25, -0.2) is 0 Å². The van der Waals surface area contributed by atoms with Crippen molar-refractivity contribution in [1.29, 1.82) is 0 Å². The van der Waals surface area contributed by atoms with Gasteiger partial charge in [0.1, 0.15) is 0 Å². The molecule has 0 saturated carbocycles. The third kappa shape index (κ3) is 2.39. The number of imide groups is 1. The van der Waals surface area contributed by atoms with E-state index in [1.165, 1.54) is 11.9 Å². The van der Waals surface area contributed by atoms with Crippen LogP contribution in [0.25, 0.3) is 16.6 Å². The van der Waals surface area contributed by atoms with Crippen LogP contribution in [0.5, 0.6) is 0 Å². The fourth-order valence-corrected chi connectivity index (χ4v) is 3.56. The largest absolute Gasteiger partial charge is 0.397 e. The van der Waals surface area contributed by atoms with Crippen molar-refractivity contribution in [2.45, 2.75) is 12.3 Å². The van der Waals surface area contributed by atoms with Crippen LogP contribution >= 0.6 is 11.6 Å². The number of nitrogens with zero attached hydrogens (tertiary/aromatic N) is 2. The number of aromatic nitrogens is 1. The second-order valence-corrected chi connectivity index (χ2v) is 6.65. The van der Waals surface area contributed by atoms with E-state index in [9.17, 15) is 9.59 Å². The molecule has 0 spiro atoms. The van der Waals surface area contributed by atoms with Crippen LogP contribution < -0.4 is 5.73 Å². The van der Waals surface area contributed by atoms with Gasteiger partial charge in [0.2, 0.25) is 11.8 Å². The van der Waals surface area contributed by atoms with Gasteiger partial charge in [-0.15, -0.1) is 0 Å². The maximum atomic E-state index is 12.6. The molecule has 1 aromatic heterocycles. The van der Waals surface area contributed by atoms with E-state index < -0.39 is 5.92 Å². The molecule has 1 aliphatic rings. The lowest BCUT2D eigenvalue weighted by atomic mass is 10.0. The molecule has 25 heavy (non-hydrogen) atoms. The normalized spacial score (nSPS) is 17.7. The number of halogens is 1. The third-order valence-corrected chi connectivity index (χ3v) is 4.95. The fraction of sp³-hybridized carbons (Fsp3) is 0.158. The van der Waals surface area contributed by atoms with Gasteiger partial charge in [-0.2, -0.15) is 0 Å². The predicted molar refractivity (Wildman–Crippen MR) is 97.8 cm³/mol. The van der Waals surface area contributed by atoms with Gasteiger partial charge < -0.3 is 10.3 Å². The Morgan fingerprint density at radius 2 is 1.88 bits per heavy atom. The first kappa shape index (κ1) is 15.7. The molecule has 1 atom stereocenters. The average Bonchev–Trinajstić information content (AvgIpc) is 3.10. The molecule has 5 nitrogen and oxygen atoms in total. The van der Waals surface area contributed by atoms with Gasteiger partial charge in [-0.3, -0.25) is 14.5 Å². The minimum absolute atomic E-state index is 0.159. The fourth-order valence-electron chi connectivity index (χ4n) is 3.40. The van der Waals surface area contributed by atoms with Crippen LogP contribution in [-0.4, -0.2) is 28.3 Å². The number of nitrogen functional groups attached to an aromatic ring is 1. The van der Waals surface area contributed by atoms with Gasteiger partial charge >= 0.3 is 0 Å². The van der Waals surface area contributed by atoms with Crippen LogP contribution in [0.3, 0.4) is 0 Å². The molecule has 4 rings (SSSR count). The molecule has 1 fully saturated rings. The van der Waals surface area contributed by atoms with E-state index in [0.717, 1.165) is 16.6 Å². The molecule has 0 bridgehead atoms. The summed E-state index contributed by atoms with van der Waals surface area (Å²) in [6.07, 6.45) is 0.159. The monoisotopic (exact) mass is 353 g/mol. The molecule has 6 heteroatoms. The van der Waals surface area contributed by atoms with Crippen molar-refractivity contribution in [3.63, 3.8) is 0 Å². The van der Waals surface area contributed by atoms with Crippen molar-refractivity contribution < 1.29 is 9.59 Å². The number of amides is 2. The minimum atomic E-state index is -0.525. The number of carbonyl (C=O) groups excluding carboxylic acids is 2. The van der Waals surface area contributed by atoms with E-state index >= 15 is 0 Å². The maximum absolute atomic E-state index is 12.6. The molecule has 3 aromatic rings. The van der Waals surface area contributed by atoms with Crippen molar-refractivity contribution in [1.82, 2.24) is 9.47 Å². The summed E-state index contributed by atoms with van der Waals surface area (Å²) in [6.45, 7) is 0. The number of carbonyl (C=O) groups is 2. The Hall–Kier alpha value is -2.79. The highest BCUT2D eigenvalue weighted by Crippen LogP contribution is 2.37. The van der Waals surface area contributed by atoms with E-state index in [2.05, 4.69) is 0 Å². The Labute approximate surface area is 149 Å². The van der Waals surface area contributed by atoms with Crippen LogP contribution in [0.4, 0.5) is 5.69 Å². The molecular formula is C19H16ClN3O2. The molecule has 126 valence electrons. The second-order valence-electron chi connectivity index (χ2n) is 6.21. The Morgan fingerprint density at radius 3 is 2.60 bits per heavy atom. The van der Waals surface area contributed by atoms with Crippen molar-refractivity contribution in [2.75, 3.05) is 12.8 Å². The first-order chi connectivity index (χ1) is 12.0.